The fourth-order valence-electron chi connectivity index (χ4n) is 4.75. The Labute approximate surface area is 226 Å². The number of benzene rings is 2. The van der Waals surface area contributed by atoms with E-state index in [0.29, 0.717) is 34.9 Å². The largest absolute Gasteiger partial charge is 0.490 e. The Bertz CT molecular complexity index is 1240. The molecule has 1 N–H and O–H groups in total. The van der Waals surface area contributed by atoms with Crippen LogP contribution in [-0.4, -0.2) is 75.7 Å². The third-order valence-corrected chi connectivity index (χ3v) is 8.86. The van der Waals surface area contributed by atoms with Gasteiger partial charge in [0.1, 0.15) is 16.7 Å². The van der Waals surface area contributed by atoms with Crippen LogP contribution >= 0.6 is 23.2 Å². The molecular formula is C25H29Cl2N3O6S. The highest BCUT2D eigenvalue weighted by atomic mass is 35.5. The SMILES string of the molecule is COC(=O)c1ccccc1S(=O)(=O)NC(=O)N1CCC(N2CCC(Oc3ccc(Cl)c(Cl)c3)CC2)CC1. The van der Waals surface area contributed by atoms with E-state index < -0.39 is 22.0 Å². The van der Waals surface area contributed by atoms with Gasteiger partial charge in [0.25, 0.3) is 10.0 Å². The summed E-state index contributed by atoms with van der Waals surface area (Å²) >= 11 is 12.0. The van der Waals surface area contributed by atoms with Gasteiger partial charge in [-0.1, -0.05) is 35.3 Å². The molecule has 2 aliphatic heterocycles. The van der Waals surface area contributed by atoms with Gasteiger partial charge in [-0.15, -0.1) is 0 Å². The molecular weight excluding hydrogens is 541 g/mol. The fraction of sp³-hybridized carbons (Fsp3) is 0.440. The molecule has 0 bridgehead atoms. The number of amides is 2. The zero-order valence-corrected chi connectivity index (χ0v) is 22.7. The van der Waals surface area contributed by atoms with E-state index >= 15 is 0 Å². The van der Waals surface area contributed by atoms with Crippen molar-refractivity contribution in [1.29, 1.82) is 0 Å². The molecule has 2 aromatic carbocycles. The molecule has 12 heteroatoms. The third-order valence-electron chi connectivity index (χ3n) is 6.74. The lowest BCUT2D eigenvalue weighted by molar-refractivity contribution is 0.0539. The van der Waals surface area contributed by atoms with Crippen molar-refractivity contribution in [1.82, 2.24) is 14.5 Å². The van der Waals surface area contributed by atoms with E-state index in [1.165, 1.54) is 36.3 Å². The molecule has 37 heavy (non-hydrogen) atoms. The number of esters is 1. The number of halogens is 2. The number of hydrogen-bond donors (Lipinski definition) is 1. The maximum Gasteiger partial charge on any atom is 0.339 e. The molecule has 2 aliphatic rings. The standard InChI is InChI=1S/C25H29Cl2N3O6S/c1-35-24(31)20-4-2-3-5-23(20)37(33,34)28-25(32)30-12-8-17(9-13-30)29-14-10-18(11-15-29)36-19-6-7-21(26)22(27)16-19/h2-7,16-18H,8-15H2,1H3,(H,28,32). The van der Waals surface area contributed by atoms with Gasteiger partial charge in [-0.3, -0.25) is 4.90 Å². The van der Waals surface area contributed by atoms with Gasteiger partial charge in [-0.05, 0) is 49.9 Å². The van der Waals surface area contributed by atoms with Crippen LogP contribution < -0.4 is 9.46 Å². The van der Waals surface area contributed by atoms with Crippen LogP contribution in [0.2, 0.25) is 10.0 Å². The van der Waals surface area contributed by atoms with Crippen LogP contribution in [0, 0.1) is 0 Å². The molecule has 0 radical (unpaired) electrons. The minimum atomic E-state index is -4.25. The summed E-state index contributed by atoms with van der Waals surface area (Å²) in [5.74, 6) is -0.0864. The molecule has 2 saturated heterocycles. The first kappa shape index (κ1) is 27.5. The van der Waals surface area contributed by atoms with Gasteiger partial charge in [-0.2, -0.15) is 0 Å². The number of likely N-dealkylation sites (tertiary alicyclic amines) is 2. The summed E-state index contributed by atoms with van der Waals surface area (Å²) in [4.78, 5) is 28.3. The van der Waals surface area contributed by atoms with Crippen molar-refractivity contribution in [3.8, 4) is 5.75 Å². The van der Waals surface area contributed by atoms with Crippen LogP contribution in [0.4, 0.5) is 4.79 Å². The minimum absolute atomic E-state index is 0.0948. The Balaban J connectivity index is 1.26. The molecule has 4 rings (SSSR count). The van der Waals surface area contributed by atoms with Crippen LogP contribution in [0.3, 0.4) is 0 Å². The number of hydrogen-bond acceptors (Lipinski definition) is 7. The summed E-state index contributed by atoms with van der Waals surface area (Å²) in [7, 11) is -3.08. The van der Waals surface area contributed by atoms with E-state index in [2.05, 4.69) is 14.4 Å². The summed E-state index contributed by atoms with van der Waals surface area (Å²) in [6.07, 6.45) is 3.32. The van der Waals surface area contributed by atoms with Crippen molar-refractivity contribution < 1.29 is 27.5 Å². The molecule has 2 amide bonds. The van der Waals surface area contributed by atoms with Crippen molar-refractivity contribution in [3.05, 3.63) is 58.1 Å². The Kier molecular flexibility index (Phi) is 8.84. The smallest absolute Gasteiger partial charge is 0.339 e. The molecule has 200 valence electrons. The Morgan fingerprint density at radius 3 is 2.27 bits per heavy atom. The normalized spacial score (nSPS) is 17.9. The van der Waals surface area contributed by atoms with Gasteiger partial charge in [0, 0.05) is 38.3 Å². The van der Waals surface area contributed by atoms with E-state index in [1.54, 1.807) is 12.1 Å². The third kappa shape index (κ3) is 6.67. The number of carbonyl (C=O) groups is 2. The first-order valence-corrected chi connectivity index (χ1v) is 14.3. The monoisotopic (exact) mass is 569 g/mol. The maximum atomic E-state index is 12.8. The van der Waals surface area contributed by atoms with Crippen LogP contribution in [-0.2, 0) is 14.8 Å². The zero-order chi connectivity index (χ0) is 26.6. The van der Waals surface area contributed by atoms with Crippen molar-refractivity contribution in [2.24, 2.45) is 0 Å². The van der Waals surface area contributed by atoms with E-state index in [0.717, 1.165) is 38.8 Å². The molecule has 9 nitrogen and oxygen atoms in total. The summed E-state index contributed by atoms with van der Waals surface area (Å²) in [6.45, 7) is 2.62. The highest BCUT2D eigenvalue weighted by molar-refractivity contribution is 7.90. The molecule has 0 saturated carbocycles. The second-order valence-electron chi connectivity index (χ2n) is 9.05. The molecule has 0 aliphatic carbocycles. The van der Waals surface area contributed by atoms with Gasteiger partial charge in [0.05, 0.1) is 22.7 Å². The predicted molar refractivity (Wildman–Crippen MR) is 140 cm³/mol. The average molecular weight is 570 g/mol. The highest BCUT2D eigenvalue weighted by Crippen LogP contribution is 2.29. The summed E-state index contributed by atoms with van der Waals surface area (Å²) in [6, 6.07) is 10.5. The van der Waals surface area contributed by atoms with Crippen molar-refractivity contribution >= 4 is 45.2 Å². The van der Waals surface area contributed by atoms with Gasteiger partial charge in [-0.25, -0.2) is 22.7 Å². The average Bonchev–Trinajstić information content (AvgIpc) is 2.90. The van der Waals surface area contributed by atoms with E-state index in [4.69, 9.17) is 27.9 Å². The quantitative estimate of drug-likeness (QED) is 0.520. The van der Waals surface area contributed by atoms with Gasteiger partial charge < -0.3 is 14.4 Å². The first-order chi connectivity index (χ1) is 17.7. The Morgan fingerprint density at radius 2 is 1.62 bits per heavy atom. The van der Waals surface area contributed by atoms with E-state index in [9.17, 15) is 18.0 Å². The molecule has 2 heterocycles. The fourth-order valence-corrected chi connectivity index (χ4v) is 6.21. The lowest BCUT2D eigenvalue weighted by Crippen LogP contribution is -2.52. The first-order valence-electron chi connectivity index (χ1n) is 12.0. The number of urea groups is 1. The number of nitrogens with one attached hydrogen (secondary N) is 1. The van der Waals surface area contributed by atoms with Crippen LogP contribution in [0.1, 0.15) is 36.0 Å². The summed E-state index contributed by atoms with van der Waals surface area (Å²) in [5.41, 5.74) is -0.129. The number of sulfonamides is 1. The van der Waals surface area contributed by atoms with E-state index in [-0.39, 0.29) is 16.6 Å². The molecule has 0 unspecified atom stereocenters. The molecule has 2 fully saturated rings. The molecule has 0 atom stereocenters. The topological polar surface area (TPSA) is 105 Å². The summed E-state index contributed by atoms with van der Waals surface area (Å²) in [5, 5.41) is 0.959. The number of rotatable bonds is 6. The number of carbonyl (C=O) groups excluding carboxylic acids is 2. The zero-order valence-electron chi connectivity index (χ0n) is 20.4. The van der Waals surface area contributed by atoms with Gasteiger partial charge in [0.15, 0.2) is 0 Å². The van der Waals surface area contributed by atoms with Crippen molar-refractivity contribution in [2.75, 3.05) is 33.3 Å². The second-order valence-corrected chi connectivity index (χ2v) is 11.5. The second kappa shape index (κ2) is 11.9. The van der Waals surface area contributed by atoms with Gasteiger partial charge >= 0.3 is 12.0 Å². The lowest BCUT2D eigenvalue weighted by Gasteiger charge is -2.41. The molecule has 0 spiro atoms. The number of piperidine rings is 2. The van der Waals surface area contributed by atoms with Crippen LogP contribution in [0.15, 0.2) is 47.4 Å². The Hall–Kier alpha value is -2.53. The number of methoxy groups -OCH3 is 1. The molecule has 2 aromatic rings. The lowest BCUT2D eigenvalue weighted by atomic mass is 9.99. The van der Waals surface area contributed by atoms with Crippen LogP contribution in [0.5, 0.6) is 5.75 Å². The van der Waals surface area contributed by atoms with Crippen molar-refractivity contribution in [3.63, 3.8) is 0 Å². The molecule has 0 aromatic heterocycles. The van der Waals surface area contributed by atoms with Crippen molar-refractivity contribution in [2.45, 2.75) is 42.7 Å². The highest BCUT2D eigenvalue weighted by Gasteiger charge is 2.32. The minimum Gasteiger partial charge on any atom is -0.490 e. The number of nitrogens with zero attached hydrogens (tertiary/aromatic N) is 2. The Morgan fingerprint density at radius 1 is 0.946 bits per heavy atom. The number of ether oxygens (including phenoxy) is 2. The maximum absolute atomic E-state index is 12.8. The van der Waals surface area contributed by atoms with E-state index in [1.807, 2.05) is 6.07 Å². The summed E-state index contributed by atoms with van der Waals surface area (Å²) < 4.78 is 38.5. The van der Waals surface area contributed by atoms with Gasteiger partial charge in [0.2, 0.25) is 0 Å². The van der Waals surface area contributed by atoms with Crippen LogP contribution in [0.25, 0.3) is 0 Å². The predicted octanol–water partition coefficient (Wildman–Crippen LogP) is 4.19.